The lowest BCUT2D eigenvalue weighted by atomic mass is 9.75. The van der Waals surface area contributed by atoms with Crippen LogP contribution in [0.5, 0.6) is 0 Å². The van der Waals surface area contributed by atoms with Crippen LogP contribution in [0.2, 0.25) is 0 Å². The molecule has 5 heteroatoms. The van der Waals surface area contributed by atoms with Gasteiger partial charge in [-0.25, -0.2) is 0 Å². The largest absolute Gasteiger partial charge is 0.389 e. The summed E-state index contributed by atoms with van der Waals surface area (Å²) in [6.45, 7) is 7.06. The van der Waals surface area contributed by atoms with Gasteiger partial charge in [-0.05, 0) is 69.8 Å². The normalized spacial score (nSPS) is 21.3. The van der Waals surface area contributed by atoms with Gasteiger partial charge in [-0.15, -0.1) is 0 Å². The van der Waals surface area contributed by atoms with Crippen LogP contribution >= 0.6 is 0 Å². The molecule has 47 heavy (non-hydrogen) atoms. The molecule has 238 valence electrons. The predicted octanol–water partition coefficient (Wildman–Crippen LogP) is 8.34. The molecule has 1 N–H and O–H groups in total. The highest BCUT2D eigenvalue weighted by molar-refractivity contribution is 7.00. The van der Waals surface area contributed by atoms with E-state index in [4.69, 9.17) is 4.43 Å². The van der Waals surface area contributed by atoms with Crippen LogP contribution in [0.25, 0.3) is 11.1 Å². The highest BCUT2D eigenvalue weighted by atomic mass is 28.4. The van der Waals surface area contributed by atoms with Crippen molar-refractivity contribution < 1.29 is 9.22 Å². The molecule has 0 spiro atoms. The number of fused-ring (bicyclic) bond motifs is 1. The Bertz CT molecular complexity index is 1750. The Kier molecular flexibility index (Phi) is 8.85. The van der Waals surface area contributed by atoms with E-state index in [1.807, 2.05) is 18.2 Å². The van der Waals surface area contributed by atoms with Gasteiger partial charge in [-0.2, -0.15) is 0 Å². The van der Waals surface area contributed by atoms with Gasteiger partial charge < -0.3 is 14.3 Å². The van der Waals surface area contributed by atoms with E-state index in [1.54, 1.807) is 0 Å². The van der Waals surface area contributed by atoms with Crippen molar-refractivity contribution in [3.8, 4) is 11.1 Å². The Morgan fingerprint density at radius 3 is 1.87 bits per heavy atom. The monoisotopic (exact) mass is 636 g/mol. The van der Waals surface area contributed by atoms with Crippen molar-refractivity contribution in [3.63, 3.8) is 0 Å². The maximum absolute atomic E-state index is 13.9. The SMILES string of the molecule is CC(C)[C@@H]1CC[C@@H](C)C[C@H]1O[Si](c1ccccc1)(c1ccccc1)N1c2ccccc2C(=O)NC1c1ccc(-c2ccccc2)cc1. The number of hydrogen-bond acceptors (Lipinski definition) is 3. The predicted molar refractivity (Wildman–Crippen MR) is 195 cm³/mol. The van der Waals surface area contributed by atoms with Crippen molar-refractivity contribution in [1.29, 1.82) is 0 Å². The van der Waals surface area contributed by atoms with Crippen molar-refractivity contribution in [2.24, 2.45) is 17.8 Å². The van der Waals surface area contributed by atoms with Crippen LogP contribution in [0.1, 0.15) is 62.1 Å². The van der Waals surface area contributed by atoms with Crippen LogP contribution in [0.15, 0.2) is 140 Å². The fraction of sp³-hybridized carbons (Fsp3) is 0.262. The van der Waals surface area contributed by atoms with E-state index in [2.05, 4.69) is 152 Å². The lowest BCUT2D eigenvalue weighted by Crippen LogP contribution is -2.77. The van der Waals surface area contributed by atoms with Crippen LogP contribution in [0.4, 0.5) is 5.69 Å². The van der Waals surface area contributed by atoms with Gasteiger partial charge in [-0.1, -0.05) is 155 Å². The summed E-state index contributed by atoms with van der Waals surface area (Å²) in [5.41, 5.74) is 4.93. The molecule has 0 aromatic heterocycles. The molecule has 1 amide bonds. The molecule has 1 unspecified atom stereocenters. The van der Waals surface area contributed by atoms with Gasteiger partial charge in [0.15, 0.2) is 0 Å². The number of carbonyl (C=O) groups is 1. The number of hydrogen-bond donors (Lipinski definition) is 1. The molecular weight excluding hydrogens is 593 g/mol. The fourth-order valence-corrected chi connectivity index (χ4v) is 12.2. The number of para-hydroxylation sites is 1. The Morgan fingerprint density at radius 1 is 0.702 bits per heavy atom. The molecule has 1 heterocycles. The molecule has 0 bridgehead atoms. The van der Waals surface area contributed by atoms with Crippen LogP contribution in [-0.4, -0.2) is 20.5 Å². The average Bonchev–Trinajstić information content (AvgIpc) is 3.12. The van der Waals surface area contributed by atoms with Crippen molar-refractivity contribution in [2.75, 3.05) is 4.57 Å². The second kappa shape index (κ2) is 13.3. The summed E-state index contributed by atoms with van der Waals surface area (Å²) in [4.78, 5) is 13.9. The maximum atomic E-state index is 13.9. The first-order valence-corrected chi connectivity index (χ1v) is 18.9. The quantitative estimate of drug-likeness (QED) is 0.174. The molecule has 5 aromatic rings. The molecule has 1 aliphatic carbocycles. The number of carbonyl (C=O) groups excluding carboxylic acids is 1. The van der Waals surface area contributed by atoms with E-state index in [0.29, 0.717) is 23.3 Å². The third kappa shape index (κ3) is 5.94. The Morgan fingerprint density at radius 2 is 1.26 bits per heavy atom. The van der Waals surface area contributed by atoms with Crippen LogP contribution in [0, 0.1) is 17.8 Å². The van der Waals surface area contributed by atoms with Gasteiger partial charge in [0.25, 0.3) is 5.91 Å². The molecule has 7 rings (SSSR count). The zero-order valence-electron chi connectivity index (χ0n) is 27.6. The minimum atomic E-state index is -3.34. The summed E-state index contributed by atoms with van der Waals surface area (Å²) < 4.78 is 10.5. The van der Waals surface area contributed by atoms with E-state index in [1.165, 1.54) is 22.4 Å². The van der Waals surface area contributed by atoms with Crippen LogP contribution < -0.4 is 20.3 Å². The van der Waals surface area contributed by atoms with Gasteiger partial charge in [0, 0.05) is 5.69 Å². The minimum absolute atomic E-state index is 0.0654. The number of nitrogens with one attached hydrogen (secondary N) is 1. The lowest BCUT2D eigenvalue weighted by molar-refractivity contribution is 0.0408. The molecular formula is C42H44N2O2Si. The van der Waals surface area contributed by atoms with E-state index >= 15 is 0 Å². The average molecular weight is 637 g/mol. The maximum Gasteiger partial charge on any atom is 0.370 e. The summed E-state index contributed by atoms with van der Waals surface area (Å²) in [7, 11) is -3.34. The van der Waals surface area contributed by atoms with Gasteiger partial charge in [0.1, 0.15) is 6.17 Å². The number of benzene rings is 5. The van der Waals surface area contributed by atoms with Gasteiger partial charge in [-0.3, -0.25) is 4.79 Å². The Labute approximate surface area is 280 Å². The molecule has 0 saturated heterocycles. The van der Waals surface area contributed by atoms with Gasteiger partial charge >= 0.3 is 8.48 Å². The van der Waals surface area contributed by atoms with E-state index < -0.39 is 14.6 Å². The zero-order valence-corrected chi connectivity index (χ0v) is 28.6. The number of anilines is 1. The highest BCUT2D eigenvalue weighted by Crippen LogP contribution is 2.42. The van der Waals surface area contributed by atoms with Crippen LogP contribution in [-0.2, 0) is 4.43 Å². The number of amides is 1. The summed E-state index contributed by atoms with van der Waals surface area (Å²) in [5.74, 6) is 1.47. The molecule has 1 saturated carbocycles. The molecule has 4 nitrogen and oxygen atoms in total. The van der Waals surface area contributed by atoms with Crippen molar-refractivity contribution in [2.45, 2.75) is 52.3 Å². The van der Waals surface area contributed by atoms with E-state index in [-0.39, 0.29) is 12.0 Å². The second-order valence-electron chi connectivity index (χ2n) is 13.6. The highest BCUT2D eigenvalue weighted by Gasteiger charge is 2.55. The van der Waals surface area contributed by atoms with Crippen molar-refractivity contribution >= 4 is 30.4 Å². The number of nitrogens with zero attached hydrogens (tertiary/aromatic N) is 1. The molecule has 5 aromatic carbocycles. The first-order valence-electron chi connectivity index (χ1n) is 17.1. The smallest absolute Gasteiger partial charge is 0.370 e. The molecule has 0 radical (unpaired) electrons. The topological polar surface area (TPSA) is 41.6 Å². The van der Waals surface area contributed by atoms with Crippen molar-refractivity contribution in [3.05, 3.63) is 151 Å². The second-order valence-corrected chi connectivity index (χ2v) is 16.8. The zero-order chi connectivity index (χ0) is 32.4. The lowest BCUT2D eigenvalue weighted by Gasteiger charge is -2.52. The number of rotatable bonds is 8. The summed E-state index contributed by atoms with van der Waals surface area (Å²) in [5, 5.41) is 5.81. The fourth-order valence-electron chi connectivity index (χ4n) is 7.79. The van der Waals surface area contributed by atoms with Crippen LogP contribution in [0.3, 0.4) is 0 Å². The first-order chi connectivity index (χ1) is 23.0. The summed E-state index contributed by atoms with van der Waals surface area (Å²) >= 11 is 0. The third-order valence-electron chi connectivity index (χ3n) is 10.2. The van der Waals surface area contributed by atoms with Crippen molar-refractivity contribution in [1.82, 2.24) is 5.32 Å². The third-order valence-corrected chi connectivity index (χ3v) is 14.3. The molecule has 2 aliphatic rings. The summed E-state index contributed by atoms with van der Waals surface area (Å²) in [6, 6.07) is 48.8. The minimum Gasteiger partial charge on any atom is -0.389 e. The van der Waals surface area contributed by atoms with E-state index in [9.17, 15) is 4.79 Å². The standard InChI is InChI=1S/C42H44N2O2Si/c1-30(2)37-28-23-31(3)29-40(37)46-47(35-17-9-5-10-18-35,36-19-11-6-12-20-36)44-39-22-14-13-21-38(39)42(45)43-41(44)34-26-24-33(25-27-34)32-15-7-4-8-16-32/h4-22,24-27,30-31,37,40-41H,23,28-29H2,1-3H3,(H,43,45)/t31-,37+,40-,41?/m1/s1. The van der Waals surface area contributed by atoms with Gasteiger partial charge in [0.2, 0.25) is 0 Å². The molecule has 4 atom stereocenters. The Hall–Kier alpha value is -4.45. The first kappa shape index (κ1) is 31.2. The molecule has 1 aliphatic heterocycles. The molecule has 1 fully saturated rings. The summed E-state index contributed by atoms with van der Waals surface area (Å²) in [6.07, 6.45) is 3.06. The Balaban J connectivity index is 1.48. The van der Waals surface area contributed by atoms with E-state index in [0.717, 1.165) is 29.7 Å². The van der Waals surface area contributed by atoms with Gasteiger partial charge in [0.05, 0.1) is 11.7 Å².